The summed E-state index contributed by atoms with van der Waals surface area (Å²) in [6, 6.07) is 24.9. The van der Waals surface area contributed by atoms with Gasteiger partial charge >= 0.3 is 5.97 Å². The molecule has 0 N–H and O–H groups in total. The summed E-state index contributed by atoms with van der Waals surface area (Å²) in [6.07, 6.45) is 3.82. The van der Waals surface area contributed by atoms with Crippen LogP contribution in [0.5, 0.6) is 0 Å². The number of carbonyl (C=O) groups excluding carboxylic acids is 1. The summed E-state index contributed by atoms with van der Waals surface area (Å²) in [4.78, 5) is 12.7. The molecule has 0 saturated heterocycles. The molecule has 0 atom stereocenters. The normalized spacial score (nSPS) is 15.2. The largest absolute Gasteiger partial charge is 0.422 e. The summed E-state index contributed by atoms with van der Waals surface area (Å²) < 4.78 is 5.63. The maximum absolute atomic E-state index is 12.7. The Bertz CT molecular complexity index is 1300. The average molecular weight is 376 g/mol. The third-order valence-corrected chi connectivity index (χ3v) is 5.49. The summed E-state index contributed by atoms with van der Waals surface area (Å²) in [7, 11) is 0. The number of hydrogen-bond acceptors (Lipinski definition) is 2. The molecule has 2 nitrogen and oxygen atoms in total. The van der Waals surface area contributed by atoms with E-state index >= 15 is 0 Å². The van der Waals surface area contributed by atoms with Gasteiger partial charge in [0.1, 0.15) is 5.76 Å². The Kier molecular flexibility index (Phi) is 4.06. The van der Waals surface area contributed by atoms with Gasteiger partial charge in [0.2, 0.25) is 0 Å². The van der Waals surface area contributed by atoms with E-state index in [1.165, 1.54) is 5.56 Å². The van der Waals surface area contributed by atoms with Gasteiger partial charge in [0, 0.05) is 5.56 Å². The van der Waals surface area contributed by atoms with Crippen LogP contribution in [-0.4, -0.2) is 5.97 Å². The van der Waals surface area contributed by atoms with Gasteiger partial charge in [0.05, 0.1) is 5.57 Å². The maximum Gasteiger partial charge on any atom is 0.343 e. The molecule has 0 amide bonds. The van der Waals surface area contributed by atoms with Gasteiger partial charge in [-0.15, -0.1) is 0 Å². The van der Waals surface area contributed by atoms with E-state index in [1.807, 2.05) is 55.5 Å². The zero-order valence-electron chi connectivity index (χ0n) is 16.4. The van der Waals surface area contributed by atoms with Gasteiger partial charge in [-0.05, 0) is 64.7 Å². The fourth-order valence-corrected chi connectivity index (χ4v) is 4.07. The minimum Gasteiger partial charge on any atom is -0.422 e. The Morgan fingerprint density at radius 3 is 2.10 bits per heavy atom. The van der Waals surface area contributed by atoms with E-state index in [-0.39, 0.29) is 5.97 Å². The van der Waals surface area contributed by atoms with Crippen molar-refractivity contribution >= 4 is 39.3 Å². The van der Waals surface area contributed by atoms with Crippen molar-refractivity contribution in [1.29, 1.82) is 0 Å². The highest BCUT2D eigenvalue weighted by Crippen LogP contribution is 2.34. The molecule has 2 heteroatoms. The zero-order chi connectivity index (χ0) is 20.0. The van der Waals surface area contributed by atoms with Gasteiger partial charge in [0.25, 0.3) is 0 Å². The first-order chi connectivity index (χ1) is 14.1. The molecule has 1 aliphatic heterocycles. The first kappa shape index (κ1) is 17.4. The maximum atomic E-state index is 12.7. The molecule has 140 valence electrons. The van der Waals surface area contributed by atoms with Crippen LogP contribution in [-0.2, 0) is 9.53 Å². The molecular formula is C27H20O2. The highest BCUT2D eigenvalue weighted by Gasteiger charge is 2.23. The zero-order valence-corrected chi connectivity index (χ0v) is 16.4. The molecule has 0 aromatic heterocycles. The monoisotopic (exact) mass is 376 g/mol. The first-order valence-corrected chi connectivity index (χ1v) is 9.74. The minimum atomic E-state index is -0.308. The van der Waals surface area contributed by atoms with Gasteiger partial charge in [-0.1, -0.05) is 72.3 Å². The van der Waals surface area contributed by atoms with Crippen molar-refractivity contribution in [3.8, 4) is 0 Å². The van der Waals surface area contributed by atoms with Crippen molar-refractivity contribution in [3.05, 3.63) is 107 Å². The molecule has 5 rings (SSSR count). The molecule has 4 aromatic rings. The number of fused-ring (bicyclic) bond motifs is 2. The molecule has 0 saturated carbocycles. The summed E-state index contributed by atoms with van der Waals surface area (Å²) in [5.41, 5.74) is 4.86. The molecule has 4 aromatic carbocycles. The standard InChI is InChI=1S/C27H20O2/c1-17-11-12-22(18(2)13-17)26-16-21(27(28)29-26)15-25-23-9-5-3-7-19(23)14-20-8-4-6-10-24(20)25/h3-16H,1-2H3. The summed E-state index contributed by atoms with van der Waals surface area (Å²) in [6.45, 7) is 4.10. The van der Waals surface area contributed by atoms with Gasteiger partial charge in [-0.3, -0.25) is 0 Å². The number of aryl methyl sites for hydroxylation is 2. The third-order valence-electron chi connectivity index (χ3n) is 5.49. The third kappa shape index (κ3) is 3.03. The lowest BCUT2D eigenvalue weighted by atomic mass is 9.95. The summed E-state index contributed by atoms with van der Waals surface area (Å²) in [5, 5.41) is 4.56. The van der Waals surface area contributed by atoms with Crippen molar-refractivity contribution < 1.29 is 9.53 Å². The number of ether oxygens (including phenoxy) is 1. The van der Waals surface area contributed by atoms with Gasteiger partial charge in [-0.2, -0.15) is 0 Å². The van der Waals surface area contributed by atoms with Crippen molar-refractivity contribution in [3.63, 3.8) is 0 Å². The number of benzene rings is 4. The average Bonchev–Trinajstić information content (AvgIpc) is 3.08. The second-order valence-electron chi connectivity index (χ2n) is 7.55. The van der Waals surface area contributed by atoms with E-state index in [9.17, 15) is 4.79 Å². The predicted molar refractivity (Wildman–Crippen MR) is 119 cm³/mol. The predicted octanol–water partition coefficient (Wildman–Crippen LogP) is 6.59. The number of rotatable bonds is 2. The van der Waals surface area contributed by atoms with Crippen LogP contribution in [0.25, 0.3) is 33.4 Å². The highest BCUT2D eigenvalue weighted by molar-refractivity contribution is 6.12. The second kappa shape index (κ2) is 6.75. The Morgan fingerprint density at radius 1 is 0.793 bits per heavy atom. The van der Waals surface area contributed by atoms with Crippen LogP contribution in [0.15, 0.2) is 84.4 Å². The van der Waals surface area contributed by atoms with E-state index < -0.39 is 0 Å². The van der Waals surface area contributed by atoms with Crippen molar-refractivity contribution in [2.75, 3.05) is 0 Å². The molecule has 0 radical (unpaired) electrons. The lowest BCUT2D eigenvalue weighted by Gasteiger charge is -2.08. The lowest BCUT2D eigenvalue weighted by molar-refractivity contribution is -0.130. The van der Waals surface area contributed by atoms with Crippen LogP contribution in [0.2, 0.25) is 0 Å². The van der Waals surface area contributed by atoms with Gasteiger partial charge in [-0.25, -0.2) is 4.79 Å². The van der Waals surface area contributed by atoms with E-state index in [2.05, 4.69) is 43.3 Å². The van der Waals surface area contributed by atoms with Gasteiger partial charge in [0.15, 0.2) is 0 Å². The summed E-state index contributed by atoms with van der Waals surface area (Å²) >= 11 is 0. The summed E-state index contributed by atoms with van der Waals surface area (Å²) in [5.74, 6) is 0.306. The number of hydrogen-bond donors (Lipinski definition) is 0. The van der Waals surface area contributed by atoms with Crippen molar-refractivity contribution in [2.45, 2.75) is 13.8 Å². The van der Waals surface area contributed by atoms with Crippen LogP contribution in [0.4, 0.5) is 0 Å². The van der Waals surface area contributed by atoms with Crippen molar-refractivity contribution in [1.82, 2.24) is 0 Å². The Morgan fingerprint density at radius 2 is 1.45 bits per heavy atom. The molecule has 0 fully saturated rings. The molecule has 0 bridgehead atoms. The van der Waals surface area contributed by atoms with Crippen molar-refractivity contribution in [2.24, 2.45) is 0 Å². The highest BCUT2D eigenvalue weighted by atomic mass is 16.5. The SMILES string of the molecule is Cc1ccc(C2=CC(=Cc3c4ccccc4cc4ccccc34)C(=O)O2)c(C)c1. The van der Waals surface area contributed by atoms with Crippen LogP contribution >= 0.6 is 0 Å². The molecule has 1 aliphatic rings. The van der Waals surface area contributed by atoms with Crippen LogP contribution in [0.1, 0.15) is 22.3 Å². The molecule has 0 spiro atoms. The topological polar surface area (TPSA) is 26.3 Å². The van der Waals surface area contributed by atoms with Gasteiger partial charge < -0.3 is 4.74 Å². The fourth-order valence-electron chi connectivity index (χ4n) is 4.07. The Hall–Kier alpha value is -3.65. The van der Waals surface area contributed by atoms with E-state index in [1.54, 1.807) is 0 Å². The smallest absolute Gasteiger partial charge is 0.343 e. The first-order valence-electron chi connectivity index (χ1n) is 9.74. The van der Waals surface area contributed by atoms with Crippen LogP contribution < -0.4 is 0 Å². The Balaban J connectivity index is 1.71. The molecular weight excluding hydrogens is 356 g/mol. The fraction of sp³-hybridized carbons (Fsp3) is 0.0741. The number of cyclic esters (lactones) is 1. The second-order valence-corrected chi connectivity index (χ2v) is 7.55. The van der Waals surface area contributed by atoms with E-state index in [0.717, 1.165) is 38.2 Å². The molecule has 29 heavy (non-hydrogen) atoms. The van der Waals surface area contributed by atoms with Crippen LogP contribution in [0.3, 0.4) is 0 Å². The van der Waals surface area contributed by atoms with Crippen LogP contribution in [0, 0.1) is 13.8 Å². The molecule has 0 unspecified atom stereocenters. The Labute approximate surface area is 169 Å². The van der Waals surface area contributed by atoms with E-state index in [4.69, 9.17) is 4.74 Å². The number of carbonyl (C=O) groups is 1. The quantitative estimate of drug-likeness (QED) is 0.224. The molecule has 0 aliphatic carbocycles. The van der Waals surface area contributed by atoms with E-state index in [0.29, 0.717) is 11.3 Å². The number of esters is 1. The minimum absolute atomic E-state index is 0.308. The molecule has 1 heterocycles. The lowest BCUT2D eigenvalue weighted by Crippen LogP contribution is -1.98.